The number of aromatic nitrogens is 2. The number of nitrogens with zero attached hydrogens (tertiary/aromatic N) is 3. The molecule has 1 saturated carbocycles. The second kappa shape index (κ2) is 5.22. The summed E-state index contributed by atoms with van der Waals surface area (Å²) in [6.07, 6.45) is 9.00. The zero-order valence-electron chi connectivity index (χ0n) is 12.6. The summed E-state index contributed by atoms with van der Waals surface area (Å²) in [5.41, 5.74) is 9.23. The predicted molar refractivity (Wildman–Crippen MR) is 86.7 cm³/mol. The van der Waals surface area contributed by atoms with Crippen molar-refractivity contribution in [2.24, 2.45) is 10.7 Å². The molecule has 23 heavy (non-hydrogen) atoms. The van der Waals surface area contributed by atoms with E-state index in [1.54, 1.807) is 0 Å². The van der Waals surface area contributed by atoms with E-state index in [4.69, 9.17) is 10.8 Å². The fourth-order valence-electron chi connectivity index (χ4n) is 3.10. The van der Waals surface area contributed by atoms with E-state index in [-0.39, 0.29) is 11.6 Å². The van der Waals surface area contributed by atoms with Gasteiger partial charge in [-0.2, -0.15) is 0 Å². The highest BCUT2D eigenvalue weighted by Gasteiger charge is 2.26. The lowest BCUT2D eigenvalue weighted by atomic mass is 9.98. The van der Waals surface area contributed by atoms with Gasteiger partial charge >= 0.3 is 5.97 Å². The average molecular weight is 310 g/mol. The maximum absolute atomic E-state index is 10.9. The number of pyridine rings is 1. The Morgan fingerprint density at radius 3 is 2.87 bits per heavy atom. The Labute approximate surface area is 133 Å². The van der Waals surface area contributed by atoms with E-state index < -0.39 is 5.97 Å². The van der Waals surface area contributed by atoms with Crippen LogP contribution in [-0.2, 0) is 4.79 Å². The Morgan fingerprint density at radius 2 is 2.13 bits per heavy atom. The summed E-state index contributed by atoms with van der Waals surface area (Å²) in [5.74, 6) is -0.410. The van der Waals surface area contributed by atoms with Crippen LogP contribution in [0.1, 0.15) is 42.4 Å². The molecule has 2 aromatic rings. The number of allylic oxidation sites excluding steroid dienone is 1. The number of imidazole rings is 1. The molecular formula is C17H18N4O2. The molecule has 3 N–H and O–H groups in total. The van der Waals surface area contributed by atoms with Crippen LogP contribution in [0.3, 0.4) is 0 Å². The number of hydrogen-bond acceptors (Lipinski definition) is 4. The molecule has 0 spiro atoms. The summed E-state index contributed by atoms with van der Waals surface area (Å²) in [6, 6.07) is 4.19. The molecule has 1 atom stereocenters. The maximum atomic E-state index is 10.9. The average Bonchev–Trinajstić information content (AvgIpc) is 3.13. The molecule has 118 valence electrons. The number of carboxylic acid groups (broad SMARTS) is 1. The third kappa shape index (κ3) is 2.60. The summed E-state index contributed by atoms with van der Waals surface area (Å²) in [5, 5.41) is 8.93. The van der Waals surface area contributed by atoms with Crippen molar-refractivity contribution in [3.05, 3.63) is 47.6 Å². The monoisotopic (exact) mass is 310 g/mol. The van der Waals surface area contributed by atoms with Gasteiger partial charge in [-0.15, -0.1) is 0 Å². The Hall–Kier alpha value is -2.63. The Balaban J connectivity index is 1.66. The zero-order chi connectivity index (χ0) is 16.0. The fourth-order valence-corrected chi connectivity index (χ4v) is 3.10. The summed E-state index contributed by atoms with van der Waals surface area (Å²) < 4.78 is 2.06. The molecule has 1 unspecified atom stereocenters. The number of carbonyl (C=O) groups is 1. The second-order valence-electron chi connectivity index (χ2n) is 6.22. The van der Waals surface area contributed by atoms with E-state index in [0.29, 0.717) is 18.2 Å². The minimum Gasteiger partial charge on any atom is -0.477 e. The van der Waals surface area contributed by atoms with Crippen LogP contribution in [0.2, 0.25) is 0 Å². The van der Waals surface area contributed by atoms with E-state index in [2.05, 4.69) is 26.6 Å². The summed E-state index contributed by atoms with van der Waals surface area (Å²) in [7, 11) is 0. The Bertz CT molecular complexity index is 845. The Kier molecular flexibility index (Phi) is 3.18. The van der Waals surface area contributed by atoms with Gasteiger partial charge in [0.05, 0.1) is 5.69 Å². The topological polar surface area (TPSA) is 93.0 Å². The standard InChI is InChI=1S/C17H18N4O2/c18-13(17(22)23)7-14-12(5-6-19-14)15-9-21-8-11(10-1-2-10)3-4-16(21)20-15/h3-4,7-10,12H,1-2,5-6,18H2,(H,22,23)/b13-7-. The van der Waals surface area contributed by atoms with Crippen molar-refractivity contribution in [1.29, 1.82) is 0 Å². The van der Waals surface area contributed by atoms with Gasteiger partial charge in [-0.1, -0.05) is 6.07 Å². The van der Waals surface area contributed by atoms with Crippen molar-refractivity contribution in [2.75, 3.05) is 6.54 Å². The van der Waals surface area contributed by atoms with Crippen LogP contribution >= 0.6 is 0 Å². The molecule has 0 amide bonds. The van der Waals surface area contributed by atoms with Crippen LogP contribution in [0.4, 0.5) is 0 Å². The highest BCUT2D eigenvalue weighted by molar-refractivity contribution is 6.05. The lowest BCUT2D eigenvalue weighted by Gasteiger charge is -2.06. The molecule has 4 rings (SSSR count). The first-order valence-corrected chi connectivity index (χ1v) is 7.85. The number of fused-ring (bicyclic) bond motifs is 1. The zero-order valence-corrected chi connectivity index (χ0v) is 12.6. The van der Waals surface area contributed by atoms with Crippen molar-refractivity contribution in [2.45, 2.75) is 31.1 Å². The van der Waals surface area contributed by atoms with E-state index in [9.17, 15) is 4.79 Å². The molecular weight excluding hydrogens is 292 g/mol. The Morgan fingerprint density at radius 1 is 1.30 bits per heavy atom. The minimum atomic E-state index is -1.12. The third-order valence-electron chi connectivity index (χ3n) is 4.52. The first-order valence-electron chi connectivity index (χ1n) is 7.85. The van der Waals surface area contributed by atoms with Crippen molar-refractivity contribution in [3.8, 4) is 0 Å². The fraction of sp³-hybridized carbons (Fsp3) is 0.353. The summed E-state index contributed by atoms with van der Waals surface area (Å²) in [6.45, 7) is 0.671. The number of hydrogen-bond donors (Lipinski definition) is 2. The van der Waals surface area contributed by atoms with Gasteiger partial charge in [0.2, 0.25) is 0 Å². The number of aliphatic carboxylic acids is 1. The molecule has 2 aliphatic rings. The molecule has 0 aromatic carbocycles. The van der Waals surface area contributed by atoms with E-state index in [1.165, 1.54) is 24.5 Å². The molecule has 0 bridgehead atoms. The highest BCUT2D eigenvalue weighted by Crippen LogP contribution is 2.40. The van der Waals surface area contributed by atoms with Gasteiger partial charge in [-0.25, -0.2) is 9.78 Å². The molecule has 1 aliphatic heterocycles. The quantitative estimate of drug-likeness (QED) is 0.845. The SMILES string of the molecule is N/C(=C\C1=NCCC1c1cn2cc(C3CC3)ccc2n1)C(=O)O. The molecule has 0 radical (unpaired) electrons. The first-order chi connectivity index (χ1) is 11.1. The largest absolute Gasteiger partial charge is 0.477 e. The van der Waals surface area contributed by atoms with Gasteiger partial charge in [-0.3, -0.25) is 4.99 Å². The molecule has 6 nitrogen and oxygen atoms in total. The van der Waals surface area contributed by atoms with Crippen molar-refractivity contribution in [3.63, 3.8) is 0 Å². The van der Waals surface area contributed by atoms with Crippen LogP contribution in [0.15, 0.2) is 41.3 Å². The minimum absolute atomic E-state index is 0.0113. The van der Waals surface area contributed by atoms with Crippen LogP contribution < -0.4 is 5.73 Å². The summed E-state index contributed by atoms with van der Waals surface area (Å²) in [4.78, 5) is 20.0. The van der Waals surface area contributed by atoms with Crippen LogP contribution in [-0.4, -0.2) is 32.7 Å². The normalized spacial score (nSPS) is 21.7. The molecule has 2 aromatic heterocycles. The van der Waals surface area contributed by atoms with Gasteiger partial charge in [0.1, 0.15) is 11.3 Å². The van der Waals surface area contributed by atoms with Gasteiger partial charge in [0.25, 0.3) is 0 Å². The van der Waals surface area contributed by atoms with E-state index in [0.717, 1.165) is 17.8 Å². The second-order valence-corrected chi connectivity index (χ2v) is 6.22. The van der Waals surface area contributed by atoms with E-state index in [1.807, 2.05) is 12.3 Å². The number of nitrogens with two attached hydrogens (primary N) is 1. The smallest absolute Gasteiger partial charge is 0.351 e. The number of carboxylic acids is 1. The predicted octanol–water partition coefficient (Wildman–Crippen LogP) is 2.07. The molecule has 3 heterocycles. The maximum Gasteiger partial charge on any atom is 0.351 e. The summed E-state index contributed by atoms with van der Waals surface area (Å²) >= 11 is 0. The molecule has 0 saturated heterocycles. The highest BCUT2D eigenvalue weighted by atomic mass is 16.4. The van der Waals surface area contributed by atoms with Crippen LogP contribution in [0.25, 0.3) is 5.65 Å². The van der Waals surface area contributed by atoms with Crippen molar-refractivity contribution in [1.82, 2.24) is 9.38 Å². The lowest BCUT2D eigenvalue weighted by Crippen LogP contribution is -2.14. The molecule has 1 fully saturated rings. The first kappa shape index (κ1) is 14.0. The van der Waals surface area contributed by atoms with Crippen LogP contribution in [0.5, 0.6) is 0 Å². The number of rotatable bonds is 4. The lowest BCUT2D eigenvalue weighted by molar-refractivity contribution is -0.132. The number of aliphatic imine (C=N–C) groups is 1. The van der Waals surface area contributed by atoms with Gasteiger partial charge in [0.15, 0.2) is 0 Å². The van der Waals surface area contributed by atoms with Gasteiger partial charge in [-0.05, 0) is 42.9 Å². The third-order valence-corrected chi connectivity index (χ3v) is 4.52. The van der Waals surface area contributed by atoms with Gasteiger partial charge in [0, 0.05) is 30.6 Å². The van der Waals surface area contributed by atoms with Crippen molar-refractivity contribution >= 4 is 17.3 Å². The van der Waals surface area contributed by atoms with Crippen molar-refractivity contribution < 1.29 is 9.90 Å². The molecule has 1 aliphatic carbocycles. The van der Waals surface area contributed by atoms with E-state index >= 15 is 0 Å². The van der Waals surface area contributed by atoms with Gasteiger partial charge < -0.3 is 15.2 Å². The van der Waals surface area contributed by atoms with Crippen LogP contribution in [0, 0.1) is 0 Å². The molecule has 6 heteroatoms.